The molecule has 0 spiro atoms. The molecule has 0 saturated carbocycles. The second kappa shape index (κ2) is 8.15. The fourth-order valence-corrected chi connectivity index (χ4v) is 5.44. The normalized spacial score (nSPS) is 11.7. The highest BCUT2D eigenvalue weighted by Gasteiger charge is 2.11. The van der Waals surface area contributed by atoms with Crippen molar-refractivity contribution in [2.24, 2.45) is 0 Å². The summed E-state index contributed by atoms with van der Waals surface area (Å²) in [6.07, 6.45) is 5.67. The first kappa shape index (κ1) is 20.9. The first-order chi connectivity index (χ1) is 18.8. The molecule has 8 rings (SSSR count). The second-order valence-corrected chi connectivity index (χ2v) is 9.58. The van der Waals surface area contributed by atoms with Gasteiger partial charge in [-0.05, 0) is 41.1 Å². The van der Waals surface area contributed by atoms with E-state index in [2.05, 4.69) is 76.7 Å². The molecule has 0 bridgehead atoms. The molecule has 0 radical (unpaired) electrons. The lowest BCUT2D eigenvalue weighted by molar-refractivity contribution is 1.28. The van der Waals surface area contributed by atoms with E-state index in [1.54, 1.807) is 0 Å². The smallest absolute Gasteiger partial charge is 0.0894 e. The number of hydrogen-bond acceptors (Lipinski definition) is 4. The van der Waals surface area contributed by atoms with Gasteiger partial charge in [0.1, 0.15) is 0 Å². The van der Waals surface area contributed by atoms with Crippen LogP contribution in [0, 0.1) is 0 Å². The molecule has 4 nitrogen and oxygen atoms in total. The maximum atomic E-state index is 5.10. The van der Waals surface area contributed by atoms with Crippen molar-refractivity contribution in [3.8, 4) is 22.5 Å². The van der Waals surface area contributed by atoms with Gasteiger partial charge in [0.25, 0.3) is 0 Å². The Morgan fingerprint density at radius 3 is 1.95 bits per heavy atom. The van der Waals surface area contributed by atoms with Crippen LogP contribution in [0.3, 0.4) is 0 Å². The Hall–Kier alpha value is -5.22. The fraction of sp³-hybridized carbons (Fsp3) is 0. The number of aromatic nitrogens is 4. The molecule has 0 fully saturated rings. The van der Waals surface area contributed by atoms with Crippen molar-refractivity contribution in [3.63, 3.8) is 0 Å². The van der Waals surface area contributed by atoms with Crippen LogP contribution in [0.25, 0.3) is 76.8 Å². The third kappa shape index (κ3) is 3.24. The fourth-order valence-electron chi connectivity index (χ4n) is 5.44. The number of hydrogen-bond donors (Lipinski definition) is 0. The first-order valence-corrected chi connectivity index (χ1v) is 12.6. The maximum Gasteiger partial charge on any atom is 0.0894 e. The molecule has 0 unspecified atom stereocenters. The van der Waals surface area contributed by atoms with E-state index in [9.17, 15) is 0 Å². The van der Waals surface area contributed by atoms with Gasteiger partial charge in [-0.15, -0.1) is 0 Å². The summed E-state index contributed by atoms with van der Waals surface area (Å²) in [5, 5.41) is 8.03. The van der Waals surface area contributed by atoms with Crippen LogP contribution in [0.4, 0.5) is 0 Å². The van der Waals surface area contributed by atoms with Crippen molar-refractivity contribution in [3.05, 3.63) is 122 Å². The molecule has 8 aromatic rings. The minimum atomic E-state index is 0.845. The van der Waals surface area contributed by atoms with Crippen molar-refractivity contribution >= 4 is 54.3 Å². The van der Waals surface area contributed by atoms with E-state index in [-0.39, 0.29) is 0 Å². The minimum absolute atomic E-state index is 0.845. The van der Waals surface area contributed by atoms with Gasteiger partial charge in [-0.25, -0.2) is 4.98 Å². The van der Waals surface area contributed by atoms with Crippen molar-refractivity contribution in [1.82, 2.24) is 19.9 Å². The lowest BCUT2D eigenvalue weighted by atomic mass is 9.97. The van der Waals surface area contributed by atoms with Crippen LogP contribution in [0.5, 0.6) is 0 Å². The second-order valence-electron chi connectivity index (χ2n) is 9.58. The molecule has 0 atom stereocenters. The molecular weight excluding hydrogens is 464 g/mol. The zero-order valence-electron chi connectivity index (χ0n) is 20.3. The van der Waals surface area contributed by atoms with Crippen LogP contribution in [-0.2, 0) is 0 Å². The number of nitrogens with zero attached hydrogens (tertiary/aromatic N) is 4. The van der Waals surface area contributed by atoms with Gasteiger partial charge < -0.3 is 0 Å². The van der Waals surface area contributed by atoms with Gasteiger partial charge in [0.15, 0.2) is 0 Å². The molecule has 176 valence electrons. The topological polar surface area (TPSA) is 51.6 Å². The van der Waals surface area contributed by atoms with Gasteiger partial charge in [0.05, 0.1) is 27.9 Å². The highest BCUT2D eigenvalue weighted by atomic mass is 14.8. The Morgan fingerprint density at radius 1 is 0.421 bits per heavy atom. The van der Waals surface area contributed by atoms with Gasteiger partial charge in [-0.3, -0.25) is 15.0 Å². The summed E-state index contributed by atoms with van der Waals surface area (Å²) < 4.78 is 0. The highest BCUT2D eigenvalue weighted by Crippen LogP contribution is 2.34. The van der Waals surface area contributed by atoms with E-state index < -0.39 is 0 Å². The van der Waals surface area contributed by atoms with Crippen LogP contribution in [-0.4, -0.2) is 19.9 Å². The van der Waals surface area contributed by atoms with Crippen LogP contribution < -0.4 is 0 Å². The van der Waals surface area contributed by atoms with E-state index in [1.807, 2.05) is 55.0 Å². The highest BCUT2D eigenvalue weighted by molar-refractivity contribution is 6.20. The SMILES string of the molecule is c1ccc2ncc(-c3ccc(-c4ccc5ccc6c7ccc8cccnc8c7ccc6c5n4)nc3)cc2c1. The Kier molecular flexibility index (Phi) is 4.49. The minimum Gasteiger partial charge on any atom is -0.256 e. The Morgan fingerprint density at radius 2 is 1.11 bits per heavy atom. The molecule has 0 aliphatic carbocycles. The summed E-state index contributed by atoms with van der Waals surface area (Å²) in [6, 6.07) is 35.7. The van der Waals surface area contributed by atoms with Crippen molar-refractivity contribution in [2.75, 3.05) is 0 Å². The van der Waals surface area contributed by atoms with Crippen LogP contribution >= 0.6 is 0 Å². The first-order valence-electron chi connectivity index (χ1n) is 12.6. The summed E-state index contributed by atoms with van der Waals surface area (Å²) in [5.74, 6) is 0. The summed E-state index contributed by atoms with van der Waals surface area (Å²) in [4.78, 5) is 19.1. The van der Waals surface area contributed by atoms with E-state index in [0.717, 1.165) is 66.0 Å². The molecule has 0 amide bonds. The molecule has 4 aromatic heterocycles. The largest absolute Gasteiger partial charge is 0.256 e. The monoisotopic (exact) mass is 484 g/mol. The molecule has 0 N–H and O–H groups in total. The number of rotatable bonds is 2. The van der Waals surface area contributed by atoms with E-state index in [1.165, 1.54) is 10.8 Å². The molecule has 4 aromatic carbocycles. The predicted molar refractivity (Wildman–Crippen MR) is 156 cm³/mol. The molecule has 4 heterocycles. The molecule has 0 saturated heterocycles. The summed E-state index contributed by atoms with van der Waals surface area (Å²) >= 11 is 0. The Balaban J connectivity index is 1.24. The average Bonchev–Trinajstić information content (AvgIpc) is 3.00. The van der Waals surface area contributed by atoms with Crippen molar-refractivity contribution < 1.29 is 0 Å². The summed E-state index contributed by atoms with van der Waals surface area (Å²) in [6.45, 7) is 0. The van der Waals surface area contributed by atoms with Gasteiger partial charge >= 0.3 is 0 Å². The van der Waals surface area contributed by atoms with E-state index >= 15 is 0 Å². The number of pyridine rings is 4. The quantitative estimate of drug-likeness (QED) is 0.231. The summed E-state index contributed by atoms with van der Waals surface area (Å²) in [5.41, 5.74) is 6.78. The van der Waals surface area contributed by atoms with Gasteiger partial charge in [-0.1, -0.05) is 72.8 Å². The van der Waals surface area contributed by atoms with Gasteiger partial charge in [0.2, 0.25) is 0 Å². The third-order valence-corrected chi connectivity index (χ3v) is 7.37. The van der Waals surface area contributed by atoms with Gasteiger partial charge in [-0.2, -0.15) is 0 Å². The van der Waals surface area contributed by atoms with Crippen molar-refractivity contribution in [1.29, 1.82) is 0 Å². The van der Waals surface area contributed by atoms with Crippen LogP contribution in [0.1, 0.15) is 0 Å². The standard InChI is InChI=1S/C34H20N4/c1-2-6-30-23(4-1)18-25(20-36-30)24-10-15-31(37-19-24)32-16-9-22-8-12-27-26-11-7-21-5-3-17-35-33(21)28(26)13-14-29(27)34(22)38-32/h1-20H. The lowest BCUT2D eigenvalue weighted by Crippen LogP contribution is -1.91. The number of para-hydroxylation sites is 1. The predicted octanol–water partition coefficient (Wildman–Crippen LogP) is 8.37. The van der Waals surface area contributed by atoms with Gasteiger partial charge in [0, 0.05) is 56.6 Å². The lowest BCUT2D eigenvalue weighted by Gasteiger charge is -2.10. The zero-order valence-corrected chi connectivity index (χ0v) is 20.3. The average molecular weight is 485 g/mol. The summed E-state index contributed by atoms with van der Waals surface area (Å²) in [7, 11) is 0. The number of benzene rings is 4. The Bertz CT molecular complexity index is 2180. The van der Waals surface area contributed by atoms with E-state index in [0.29, 0.717) is 0 Å². The van der Waals surface area contributed by atoms with Crippen LogP contribution in [0.2, 0.25) is 0 Å². The van der Waals surface area contributed by atoms with E-state index in [4.69, 9.17) is 9.97 Å². The zero-order chi connectivity index (χ0) is 25.1. The van der Waals surface area contributed by atoms with Crippen molar-refractivity contribution in [2.45, 2.75) is 0 Å². The molecular formula is C34H20N4. The molecule has 38 heavy (non-hydrogen) atoms. The number of fused-ring (bicyclic) bond motifs is 8. The Labute approximate surface area is 218 Å². The third-order valence-electron chi connectivity index (χ3n) is 7.37. The maximum absolute atomic E-state index is 5.10. The molecule has 0 aliphatic heterocycles. The van der Waals surface area contributed by atoms with Crippen LogP contribution in [0.15, 0.2) is 122 Å². The molecule has 4 heteroatoms. The molecule has 0 aliphatic rings.